The molecule has 1 fully saturated rings. The number of benzene rings is 2. The number of carbonyl (C=O) groups is 1. The van der Waals surface area contributed by atoms with Gasteiger partial charge in [-0.05, 0) is 85.5 Å². The van der Waals surface area contributed by atoms with Crippen LogP contribution in [-0.2, 0) is 11.2 Å². The molecule has 5 nitrogen and oxygen atoms in total. The zero-order valence-corrected chi connectivity index (χ0v) is 18.8. The first kappa shape index (κ1) is 22.7. The predicted molar refractivity (Wildman–Crippen MR) is 130 cm³/mol. The quantitative estimate of drug-likeness (QED) is 0.555. The standard InChI is InChI=1S/C28H30N4O/c29-18-21-6-10-23(11-7-21)25-14-15-31-26(17-25)27(16-20-4-2-1-3-5-20)32-28(33)24-12-8-22(19-30)9-13-24/h1-7,10-11,14-15,17,22,24,27H,8-9,12-13,16,19,30H2,(H,32,33)/t22-,24-,27?. The lowest BCUT2D eigenvalue weighted by Gasteiger charge is -2.28. The minimum absolute atomic E-state index is 0.0350. The summed E-state index contributed by atoms with van der Waals surface area (Å²) in [5.74, 6) is 0.685. The van der Waals surface area contributed by atoms with Crippen LogP contribution in [0.4, 0.5) is 0 Å². The molecule has 2 aromatic carbocycles. The van der Waals surface area contributed by atoms with Gasteiger partial charge in [-0.25, -0.2) is 0 Å². The summed E-state index contributed by atoms with van der Waals surface area (Å²) in [7, 11) is 0. The van der Waals surface area contributed by atoms with Crippen LogP contribution in [-0.4, -0.2) is 17.4 Å². The molecule has 168 valence electrons. The van der Waals surface area contributed by atoms with E-state index < -0.39 is 0 Å². The molecule has 1 aliphatic rings. The molecule has 1 saturated carbocycles. The molecule has 1 unspecified atom stereocenters. The number of nitrogens with two attached hydrogens (primary N) is 1. The molecule has 1 aliphatic carbocycles. The van der Waals surface area contributed by atoms with Crippen LogP contribution in [0.25, 0.3) is 11.1 Å². The van der Waals surface area contributed by atoms with E-state index in [-0.39, 0.29) is 17.9 Å². The molecule has 3 N–H and O–H groups in total. The number of hydrogen-bond acceptors (Lipinski definition) is 4. The van der Waals surface area contributed by atoms with Gasteiger partial charge < -0.3 is 11.1 Å². The Morgan fingerprint density at radius 1 is 1.03 bits per heavy atom. The maximum absolute atomic E-state index is 13.2. The van der Waals surface area contributed by atoms with Gasteiger partial charge in [-0.1, -0.05) is 42.5 Å². The number of nitrogens with zero attached hydrogens (tertiary/aromatic N) is 2. The minimum Gasteiger partial charge on any atom is -0.347 e. The average Bonchev–Trinajstić information content (AvgIpc) is 2.89. The number of nitriles is 1. The first-order valence-electron chi connectivity index (χ1n) is 11.7. The van der Waals surface area contributed by atoms with Gasteiger partial charge in [-0.15, -0.1) is 0 Å². The Kier molecular flexibility index (Phi) is 7.49. The summed E-state index contributed by atoms with van der Waals surface area (Å²) in [6.07, 6.45) is 6.29. The van der Waals surface area contributed by atoms with E-state index in [9.17, 15) is 4.79 Å². The van der Waals surface area contributed by atoms with Crippen molar-refractivity contribution in [3.8, 4) is 17.2 Å². The van der Waals surface area contributed by atoms with Crippen molar-refractivity contribution in [2.45, 2.75) is 38.1 Å². The fourth-order valence-electron chi connectivity index (χ4n) is 4.58. The van der Waals surface area contributed by atoms with Crippen molar-refractivity contribution < 1.29 is 4.79 Å². The molecule has 1 atom stereocenters. The van der Waals surface area contributed by atoms with Gasteiger partial charge in [0.15, 0.2) is 0 Å². The highest BCUT2D eigenvalue weighted by molar-refractivity contribution is 5.79. The molecule has 33 heavy (non-hydrogen) atoms. The van der Waals surface area contributed by atoms with Crippen LogP contribution in [0.5, 0.6) is 0 Å². The number of pyridine rings is 1. The van der Waals surface area contributed by atoms with Crippen molar-refractivity contribution in [1.29, 1.82) is 5.26 Å². The molecule has 0 radical (unpaired) electrons. The number of amides is 1. The monoisotopic (exact) mass is 438 g/mol. The predicted octanol–water partition coefficient (Wildman–Crippen LogP) is 4.79. The van der Waals surface area contributed by atoms with Gasteiger partial charge in [-0.3, -0.25) is 9.78 Å². The van der Waals surface area contributed by atoms with Crippen LogP contribution in [0.3, 0.4) is 0 Å². The zero-order chi connectivity index (χ0) is 23.0. The molecule has 3 aromatic rings. The molecule has 0 aliphatic heterocycles. The number of hydrogen-bond donors (Lipinski definition) is 2. The van der Waals surface area contributed by atoms with Crippen LogP contribution >= 0.6 is 0 Å². The van der Waals surface area contributed by atoms with Gasteiger partial charge in [0.1, 0.15) is 0 Å². The van der Waals surface area contributed by atoms with Crippen LogP contribution in [0.15, 0.2) is 72.9 Å². The Morgan fingerprint density at radius 3 is 2.42 bits per heavy atom. The van der Waals surface area contributed by atoms with Gasteiger partial charge in [-0.2, -0.15) is 5.26 Å². The molecular weight excluding hydrogens is 408 g/mol. The number of aromatic nitrogens is 1. The lowest BCUT2D eigenvalue weighted by atomic mass is 9.81. The molecule has 0 bridgehead atoms. The molecule has 5 heteroatoms. The third-order valence-corrected chi connectivity index (χ3v) is 6.64. The molecule has 1 heterocycles. The highest BCUT2D eigenvalue weighted by Gasteiger charge is 2.28. The van der Waals surface area contributed by atoms with Crippen molar-refractivity contribution >= 4 is 5.91 Å². The maximum Gasteiger partial charge on any atom is 0.223 e. The summed E-state index contributed by atoms with van der Waals surface area (Å²) >= 11 is 0. The number of carbonyl (C=O) groups excluding carboxylic acids is 1. The van der Waals surface area contributed by atoms with E-state index in [0.29, 0.717) is 24.4 Å². The highest BCUT2D eigenvalue weighted by atomic mass is 16.1. The van der Waals surface area contributed by atoms with Crippen LogP contribution < -0.4 is 11.1 Å². The van der Waals surface area contributed by atoms with Crippen molar-refractivity contribution in [3.05, 3.63) is 89.7 Å². The van der Waals surface area contributed by atoms with Gasteiger partial charge >= 0.3 is 0 Å². The normalized spacial score (nSPS) is 18.8. The first-order valence-corrected chi connectivity index (χ1v) is 11.7. The average molecular weight is 439 g/mol. The molecule has 0 spiro atoms. The van der Waals surface area contributed by atoms with E-state index in [4.69, 9.17) is 11.0 Å². The summed E-state index contributed by atoms with van der Waals surface area (Å²) in [5, 5.41) is 12.4. The minimum atomic E-state index is -0.217. The Morgan fingerprint density at radius 2 is 1.76 bits per heavy atom. The summed E-state index contributed by atoms with van der Waals surface area (Å²) in [5.41, 5.74) is 10.5. The lowest BCUT2D eigenvalue weighted by Crippen LogP contribution is -2.37. The van der Waals surface area contributed by atoms with Crippen molar-refractivity contribution in [2.24, 2.45) is 17.6 Å². The molecule has 0 saturated heterocycles. The van der Waals surface area contributed by atoms with Crippen molar-refractivity contribution in [1.82, 2.24) is 10.3 Å². The Labute approximate surface area is 195 Å². The lowest BCUT2D eigenvalue weighted by molar-refractivity contribution is -0.127. The highest BCUT2D eigenvalue weighted by Crippen LogP contribution is 2.30. The fourth-order valence-corrected chi connectivity index (χ4v) is 4.58. The largest absolute Gasteiger partial charge is 0.347 e. The summed E-state index contributed by atoms with van der Waals surface area (Å²) < 4.78 is 0. The number of nitrogens with one attached hydrogen (secondary N) is 1. The van der Waals surface area contributed by atoms with E-state index in [2.05, 4.69) is 28.5 Å². The molecule has 1 amide bonds. The third kappa shape index (κ3) is 5.85. The van der Waals surface area contributed by atoms with E-state index in [1.165, 1.54) is 0 Å². The topological polar surface area (TPSA) is 91.8 Å². The van der Waals surface area contributed by atoms with E-state index in [1.54, 1.807) is 6.20 Å². The van der Waals surface area contributed by atoms with Crippen LogP contribution in [0, 0.1) is 23.2 Å². The SMILES string of the molecule is N#Cc1ccc(-c2ccnc(C(Cc3ccccc3)NC(=O)[C@H]3CC[C@H](CN)CC3)c2)cc1. The maximum atomic E-state index is 13.2. The van der Waals surface area contributed by atoms with Gasteiger partial charge in [0.05, 0.1) is 23.4 Å². The van der Waals surface area contributed by atoms with Gasteiger partial charge in [0, 0.05) is 12.1 Å². The second kappa shape index (κ2) is 10.9. The number of rotatable bonds is 7. The third-order valence-electron chi connectivity index (χ3n) is 6.64. The molecule has 1 aromatic heterocycles. The Balaban J connectivity index is 1.56. The van der Waals surface area contributed by atoms with Crippen molar-refractivity contribution in [3.63, 3.8) is 0 Å². The molecule has 4 rings (SSSR count). The first-order chi connectivity index (χ1) is 16.2. The summed E-state index contributed by atoms with van der Waals surface area (Å²) in [6.45, 7) is 0.705. The molecular formula is C28H30N4O. The second-order valence-electron chi connectivity index (χ2n) is 8.86. The van der Waals surface area contributed by atoms with Crippen molar-refractivity contribution in [2.75, 3.05) is 6.54 Å². The van der Waals surface area contributed by atoms with Crippen LogP contribution in [0.2, 0.25) is 0 Å². The van der Waals surface area contributed by atoms with Gasteiger partial charge in [0.25, 0.3) is 0 Å². The second-order valence-corrected chi connectivity index (χ2v) is 8.86. The van der Waals surface area contributed by atoms with E-state index in [1.807, 2.05) is 54.6 Å². The van der Waals surface area contributed by atoms with Crippen LogP contribution in [0.1, 0.15) is 48.5 Å². The van der Waals surface area contributed by atoms with Gasteiger partial charge in [0.2, 0.25) is 5.91 Å². The summed E-state index contributed by atoms with van der Waals surface area (Å²) in [6, 6.07) is 23.6. The Bertz CT molecular complexity index is 1100. The smallest absolute Gasteiger partial charge is 0.223 e. The zero-order valence-electron chi connectivity index (χ0n) is 18.8. The van der Waals surface area contributed by atoms with E-state index in [0.717, 1.165) is 48.1 Å². The fraction of sp³-hybridized carbons (Fsp3) is 0.321. The summed E-state index contributed by atoms with van der Waals surface area (Å²) in [4.78, 5) is 17.8. The Hall–Kier alpha value is -3.49. The van der Waals surface area contributed by atoms with E-state index >= 15 is 0 Å².